The summed E-state index contributed by atoms with van der Waals surface area (Å²) in [5.41, 5.74) is 0.891. The van der Waals surface area contributed by atoms with Crippen LogP contribution in [0.4, 0.5) is 5.69 Å². The van der Waals surface area contributed by atoms with Gasteiger partial charge in [-0.1, -0.05) is 12.1 Å². The molecule has 0 unspecified atom stereocenters. The molecule has 0 aliphatic carbocycles. The summed E-state index contributed by atoms with van der Waals surface area (Å²) < 4.78 is 26.2. The van der Waals surface area contributed by atoms with Gasteiger partial charge in [-0.3, -0.25) is 14.4 Å². The third-order valence-electron chi connectivity index (χ3n) is 4.09. The first-order valence-corrected chi connectivity index (χ1v) is 11.0. The second kappa shape index (κ2) is 9.72. The molecule has 1 amide bonds. The fourth-order valence-corrected chi connectivity index (χ4v) is 4.18. The number of thiophene rings is 1. The van der Waals surface area contributed by atoms with Crippen LogP contribution >= 0.6 is 11.3 Å². The largest absolute Gasteiger partial charge is 0.326 e. The summed E-state index contributed by atoms with van der Waals surface area (Å²) in [6, 6.07) is 8.07. The molecule has 0 saturated carbocycles. The van der Waals surface area contributed by atoms with Gasteiger partial charge in [0.15, 0.2) is 5.78 Å². The molecular formula is C19H22N2O5S2. The van der Waals surface area contributed by atoms with Crippen LogP contribution < -0.4 is 10.0 Å². The van der Waals surface area contributed by atoms with Gasteiger partial charge in [-0.25, -0.2) is 13.1 Å². The number of aryl methyl sites for hydroxylation is 1. The lowest BCUT2D eigenvalue weighted by Crippen LogP contribution is -2.20. The summed E-state index contributed by atoms with van der Waals surface area (Å²) in [5.74, 6) is -0.636. The Labute approximate surface area is 168 Å². The van der Waals surface area contributed by atoms with Crippen molar-refractivity contribution in [3.63, 3.8) is 0 Å². The van der Waals surface area contributed by atoms with Gasteiger partial charge in [0.1, 0.15) is 5.78 Å². The summed E-state index contributed by atoms with van der Waals surface area (Å²) in [5, 5.41) is 4.40. The lowest BCUT2D eigenvalue weighted by Gasteiger charge is -2.10. The van der Waals surface area contributed by atoms with Crippen molar-refractivity contribution in [1.29, 1.82) is 0 Å². The van der Waals surface area contributed by atoms with E-state index in [9.17, 15) is 22.8 Å². The lowest BCUT2D eigenvalue weighted by atomic mass is 10.1. The molecular weight excluding hydrogens is 400 g/mol. The number of rotatable bonds is 10. The van der Waals surface area contributed by atoms with Crippen LogP contribution in [0.3, 0.4) is 0 Å². The van der Waals surface area contributed by atoms with E-state index >= 15 is 0 Å². The Hall–Kier alpha value is -2.36. The molecule has 0 fully saturated rings. The summed E-state index contributed by atoms with van der Waals surface area (Å²) >= 11 is 1.34. The van der Waals surface area contributed by atoms with E-state index in [-0.39, 0.29) is 42.1 Å². The van der Waals surface area contributed by atoms with Crippen LogP contribution in [0.15, 0.2) is 40.6 Å². The Morgan fingerprint density at radius 2 is 1.75 bits per heavy atom. The molecule has 0 aliphatic rings. The van der Waals surface area contributed by atoms with E-state index in [2.05, 4.69) is 10.0 Å². The quantitative estimate of drug-likeness (QED) is 0.572. The van der Waals surface area contributed by atoms with E-state index in [4.69, 9.17) is 0 Å². The Morgan fingerprint density at radius 1 is 1.04 bits per heavy atom. The predicted octanol–water partition coefficient (Wildman–Crippen LogP) is 2.92. The summed E-state index contributed by atoms with van der Waals surface area (Å²) in [7, 11) is -2.32. The van der Waals surface area contributed by atoms with Crippen LogP contribution in [0, 0.1) is 6.92 Å². The Bertz CT molecular complexity index is 966. The van der Waals surface area contributed by atoms with Gasteiger partial charge in [0.05, 0.1) is 9.77 Å². The van der Waals surface area contributed by atoms with Crippen molar-refractivity contribution in [2.45, 2.75) is 37.5 Å². The van der Waals surface area contributed by atoms with Gasteiger partial charge in [-0.2, -0.15) is 0 Å². The Morgan fingerprint density at radius 3 is 2.39 bits per heavy atom. The van der Waals surface area contributed by atoms with Gasteiger partial charge < -0.3 is 5.32 Å². The van der Waals surface area contributed by atoms with Crippen molar-refractivity contribution in [2.24, 2.45) is 0 Å². The molecule has 2 N–H and O–H groups in total. The molecule has 0 bridgehead atoms. The Balaban J connectivity index is 1.84. The van der Waals surface area contributed by atoms with Crippen LogP contribution in [-0.2, 0) is 19.6 Å². The van der Waals surface area contributed by atoms with E-state index in [1.165, 1.54) is 24.5 Å². The van der Waals surface area contributed by atoms with Crippen LogP contribution in [0.5, 0.6) is 0 Å². The fraction of sp³-hybridized carbons (Fsp3) is 0.316. The zero-order valence-electron chi connectivity index (χ0n) is 15.7. The van der Waals surface area contributed by atoms with E-state index in [0.29, 0.717) is 16.1 Å². The van der Waals surface area contributed by atoms with E-state index in [1.54, 1.807) is 36.6 Å². The molecule has 0 atom stereocenters. The SMILES string of the molecule is CNS(=O)(=O)c1cc(NC(=O)CCC(=O)CCC(=O)c2cccs2)ccc1C. The zero-order chi connectivity index (χ0) is 20.7. The van der Waals surface area contributed by atoms with Gasteiger partial charge in [0, 0.05) is 31.4 Å². The summed E-state index contributed by atoms with van der Waals surface area (Å²) in [4.78, 5) is 36.6. The third-order valence-corrected chi connectivity index (χ3v) is 6.56. The minimum atomic E-state index is -3.63. The molecule has 0 aliphatic heterocycles. The van der Waals surface area contributed by atoms with Crippen molar-refractivity contribution in [2.75, 3.05) is 12.4 Å². The molecule has 150 valence electrons. The van der Waals surface area contributed by atoms with E-state index in [1.807, 2.05) is 0 Å². The summed E-state index contributed by atoms with van der Waals surface area (Å²) in [6.07, 6.45) is 0.217. The molecule has 0 spiro atoms. The molecule has 1 heterocycles. The van der Waals surface area contributed by atoms with Gasteiger partial charge in [-0.05, 0) is 43.1 Å². The maximum atomic E-state index is 12.1. The van der Waals surface area contributed by atoms with Crippen molar-refractivity contribution < 1.29 is 22.8 Å². The molecule has 28 heavy (non-hydrogen) atoms. The second-order valence-corrected chi connectivity index (χ2v) is 8.98. The number of hydrogen-bond acceptors (Lipinski definition) is 6. The molecule has 2 rings (SSSR count). The topological polar surface area (TPSA) is 109 Å². The highest BCUT2D eigenvalue weighted by atomic mass is 32.2. The number of ketones is 2. The highest BCUT2D eigenvalue weighted by Crippen LogP contribution is 2.20. The number of hydrogen-bond donors (Lipinski definition) is 2. The zero-order valence-corrected chi connectivity index (χ0v) is 17.3. The normalized spacial score (nSPS) is 11.2. The number of Topliss-reactive ketones (excluding diaryl/α,β-unsaturated/α-hetero) is 2. The summed E-state index contributed by atoms with van der Waals surface area (Å²) in [6.45, 7) is 1.66. The maximum absolute atomic E-state index is 12.1. The number of carbonyl (C=O) groups is 3. The minimum Gasteiger partial charge on any atom is -0.326 e. The Kier molecular flexibility index (Phi) is 7.61. The van der Waals surface area contributed by atoms with Crippen molar-refractivity contribution in [1.82, 2.24) is 4.72 Å². The fourth-order valence-electron chi connectivity index (χ4n) is 2.49. The van der Waals surface area contributed by atoms with Crippen molar-refractivity contribution in [3.8, 4) is 0 Å². The molecule has 1 aromatic carbocycles. The second-order valence-electron chi connectivity index (χ2n) is 6.18. The van der Waals surface area contributed by atoms with Crippen molar-refractivity contribution in [3.05, 3.63) is 46.2 Å². The van der Waals surface area contributed by atoms with Crippen molar-refractivity contribution >= 4 is 44.5 Å². The number of nitrogens with one attached hydrogen (secondary N) is 2. The number of benzene rings is 1. The molecule has 1 aromatic heterocycles. The van der Waals surface area contributed by atoms with Crippen LogP contribution in [-0.4, -0.2) is 32.9 Å². The molecule has 2 aromatic rings. The molecule has 9 heteroatoms. The number of anilines is 1. The van der Waals surface area contributed by atoms with E-state index in [0.717, 1.165) is 0 Å². The van der Waals surface area contributed by atoms with Gasteiger partial charge in [-0.15, -0.1) is 11.3 Å². The monoisotopic (exact) mass is 422 g/mol. The maximum Gasteiger partial charge on any atom is 0.240 e. The first-order chi connectivity index (χ1) is 13.2. The average Bonchev–Trinajstić information content (AvgIpc) is 3.20. The molecule has 0 saturated heterocycles. The molecule has 7 nitrogen and oxygen atoms in total. The van der Waals surface area contributed by atoms with Gasteiger partial charge >= 0.3 is 0 Å². The lowest BCUT2D eigenvalue weighted by molar-refractivity contribution is -0.122. The number of amides is 1. The standard InChI is InChI=1S/C19H22N2O5S2/c1-13-5-6-14(12-18(13)28(25,26)20-2)21-19(24)10-8-15(22)7-9-16(23)17-4-3-11-27-17/h3-6,11-12,20H,7-10H2,1-2H3,(H,21,24). The van der Waals surface area contributed by atoms with Gasteiger partial charge in [0.2, 0.25) is 15.9 Å². The smallest absolute Gasteiger partial charge is 0.240 e. The minimum absolute atomic E-state index is 0.0249. The predicted molar refractivity (Wildman–Crippen MR) is 108 cm³/mol. The van der Waals surface area contributed by atoms with Crippen LogP contribution in [0.25, 0.3) is 0 Å². The first-order valence-electron chi connectivity index (χ1n) is 8.65. The van der Waals surface area contributed by atoms with Crippen LogP contribution in [0.1, 0.15) is 40.9 Å². The third kappa shape index (κ3) is 6.08. The highest BCUT2D eigenvalue weighted by molar-refractivity contribution is 7.89. The highest BCUT2D eigenvalue weighted by Gasteiger charge is 2.16. The molecule has 0 radical (unpaired) electrons. The van der Waals surface area contributed by atoms with Gasteiger partial charge in [0.25, 0.3) is 0 Å². The first kappa shape index (κ1) is 21.9. The van der Waals surface area contributed by atoms with Crippen LogP contribution in [0.2, 0.25) is 0 Å². The number of sulfonamides is 1. The average molecular weight is 423 g/mol. The van der Waals surface area contributed by atoms with E-state index < -0.39 is 15.9 Å². The number of carbonyl (C=O) groups excluding carboxylic acids is 3.